The Labute approximate surface area is 161 Å². The van der Waals surface area contributed by atoms with Crippen molar-refractivity contribution in [1.29, 1.82) is 0 Å². The van der Waals surface area contributed by atoms with E-state index in [1.807, 2.05) is 19.1 Å². The summed E-state index contributed by atoms with van der Waals surface area (Å²) in [6, 6.07) is 3.57. The summed E-state index contributed by atoms with van der Waals surface area (Å²) in [5.74, 6) is -0.479. The monoisotopic (exact) mass is 377 g/mol. The standard InChI is InChI=1S/C19H19N7O2/c1-12-6-22-16(10-21-12)19(28)25-14-5-17-15(9-24-26(17)11-14)18(27)23-8-13-3-2-4-20-7-13/h2-4,6-7,9-10,14H,5,8,11H2,1H3,(H,23,27)(H,25,28)/t14-/m0/s1. The Morgan fingerprint density at radius 1 is 1.18 bits per heavy atom. The van der Waals surface area contributed by atoms with Crippen molar-refractivity contribution in [3.8, 4) is 0 Å². The molecule has 0 spiro atoms. The molecule has 0 aromatic carbocycles. The highest BCUT2D eigenvalue weighted by molar-refractivity contribution is 5.95. The van der Waals surface area contributed by atoms with Gasteiger partial charge < -0.3 is 10.6 Å². The van der Waals surface area contributed by atoms with E-state index in [1.54, 1.807) is 29.5 Å². The summed E-state index contributed by atoms with van der Waals surface area (Å²) in [5.41, 5.74) is 3.27. The molecule has 1 atom stereocenters. The Hall–Kier alpha value is -3.62. The SMILES string of the molecule is Cc1cnc(C(=O)N[C@H]2Cc3c(C(=O)NCc4cccnc4)cnn3C2)cn1. The fourth-order valence-electron chi connectivity index (χ4n) is 3.13. The predicted octanol–water partition coefficient (Wildman–Crippen LogP) is 0.661. The molecular weight excluding hydrogens is 358 g/mol. The second-order valence-electron chi connectivity index (χ2n) is 6.65. The van der Waals surface area contributed by atoms with Crippen LogP contribution in [0.5, 0.6) is 0 Å². The fraction of sp³-hybridized carbons (Fsp3) is 0.263. The van der Waals surface area contributed by atoms with Crippen molar-refractivity contribution in [2.75, 3.05) is 0 Å². The number of nitrogens with zero attached hydrogens (tertiary/aromatic N) is 5. The van der Waals surface area contributed by atoms with Crippen molar-refractivity contribution in [3.63, 3.8) is 0 Å². The van der Waals surface area contributed by atoms with Crippen LogP contribution < -0.4 is 10.6 Å². The Kier molecular flexibility index (Phi) is 4.79. The zero-order chi connectivity index (χ0) is 19.5. The lowest BCUT2D eigenvalue weighted by Crippen LogP contribution is -2.36. The summed E-state index contributed by atoms with van der Waals surface area (Å²) in [4.78, 5) is 37.1. The summed E-state index contributed by atoms with van der Waals surface area (Å²) in [5, 5.41) is 10.1. The lowest BCUT2D eigenvalue weighted by atomic mass is 10.1. The lowest BCUT2D eigenvalue weighted by molar-refractivity contribution is 0.0929. The molecule has 0 unspecified atom stereocenters. The van der Waals surface area contributed by atoms with Gasteiger partial charge in [0, 0.05) is 31.6 Å². The average Bonchev–Trinajstić information content (AvgIpc) is 3.27. The minimum absolute atomic E-state index is 0.149. The fourth-order valence-corrected chi connectivity index (χ4v) is 3.13. The zero-order valence-corrected chi connectivity index (χ0v) is 15.3. The molecule has 2 amide bonds. The van der Waals surface area contributed by atoms with E-state index in [2.05, 4.69) is 30.7 Å². The first-order chi connectivity index (χ1) is 13.6. The summed E-state index contributed by atoms with van der Waals surface area (Å²) in [7, 11) is 0. The highest BCUT2D eigenvalue weighted by Gasteiger charge is 2.29. The molecule has 4 rings (SSSR count). The molecule has 0 aliphatic carbocycles. The van der Waals surface area contributed by atoms with Crippen LogP contribution in [0.3, 0.4) is 0 Å². The number of nitrogens with one attached hydrogen (secondary N) is 2. The zero-order valence-electron chi connectivity index (χ0n) is 15.3. The van der Waals surface area contributed by atoms with Crippen LogP contribution in [0.15, 0.2) is 43.1 Å². The van der Waals surface area contributed by atoms with Gasteiger partial charge in [-0.25, -0.2) is 4.98 Å². The van der Waals surface area contributed by atoms with Crippen LogP contribution in [0.1, 0.15) is 37.8 Å². The van der Waals surface area contributed by atoms with Crippen LogP contribution in [0, 0.1) is 6.92 Å². The molecule has 9 heteroatoms. The average molecular weight is 377 g/mol. The van der Waals surface area contributed by atoms with Crippen molar-refractivity contribution in [3.05, 3.63) is 71.3 Å². The third-order valence-electron chi connectivity index (χ3n) is 4.55. The van der Waals surface area contributed by atoms with E-state index >= 15 is 0 Å². The molecular formula is C19H19N7O2. The number of fused-ring (bicyclic) bond motifs is 1. The topological polar surface area (TPSA) is 115 Å². The summed E-state index contributed by atoms with van der Waals surface area (Å²) in [6.07, 6.45) is 8.50. The second-order valence-corrected chi connectivity index (χ2v) is 6.65. The summed E-state index contributed by atoms with van der Waals surface area (Å²) >= 11 is 0. The van der Waals surface area contributed by atoms with E-state index in [-0.39, 0.29) is 23.6 Å². The van der Waals surface area contributed by atoms with E-state index in [9.17, 15) is 9.59 Å². The van der Waals surface area contributed by atoms with Crippen LogP contribution in [0.25, 0.3) is 0 Å². The van der Waals surface area contributed by atoms with Crippen LogP contribution >= 0.6 is 0 Å². The van der Waals surface area contributed by atoms with Gasteiger partial charge in [0.25, 0.3) is 11.8 Å². The third-order valence-corrected chi connectivity index (χ3v) is 4.55. The molecule has 2 N–H and O–H groups in total. The second kappa shape index (κ2) is 7.55. The van der Waals surface area contributed by atoms with Gasteiger partial charge in [-0.05, 0) is 18.6 Å². The largest absolute Gasteiger partial charge is 0.348 e. The molecule has 1 aliphatic rings. The van der Waals surface area contributed by atoms with Crippen molar-refractivity contribution in [1.82, 2.24) is 35.4 Å². The minimum atomic E-state index is -0.286. The number of hydrogen-bond acceptors (Lipinski definition) is 6. The van der Waals surface area contributed by atoms with Gasteiger partial charge in [-0.1, -0.05) is 6.07 Å². The van der Waals surface area contributed by atoms with Gasteiger partial charge in [0.05, 0.1) is 41.9 Å². The van der Waals surface area contributed by atoms with Gasteiger partial charge in [0.15, 0.2) is 0 Å². The minimum Gasteiger partial charge on any atom is -0.348 e. The molecule has 0 fully saturated rings. The Morgan fingerprint density at radius 2 is 2.07 bits per heavy atom. The Morgan fingerprint density at radius 3 is 2.82 bits per heavy atom. The normalized spacial score (nSPS) is 15.1. The maximum Gasteiger partial charge on any atom is 0.271 e. The molecule has 3 aromatic heterocycles. The molecule has 0 bridgehead atoms. The van der Waals surface area contributed by atoms with E-state index in [0.29, 0.717) is 25.1 Å². The Balaban J connectivity index is 1.38. The maximum absolute atomic E-state index is 12.5. The van der Waals surface area contributed by atoms with Crippen LogP contribution in [-0.4, -0.2) is 42.6 Å². The molecule has 9 nitrogen and oxygen atoms in total. The van der Waals surface area contributed by atoms with Crippen molar-refractivity contribution in [2.24, 2.45) is 0 Å². The van der Waals surface area contributed by atoms with Gasteiger partial charge in [-0.2, -0.15) is 5.10 Å². The molecule has 0 saturated heterocycles. The number of aryl methyl sites for hydroxylation is 1. The van der Waals surface area contributed by atoms with Gasteiger partial charge in [-0.15, -0.1) is 0 Å². The summed E-state index contributed by atoms with van der Waals surface area (Å²) < 4.78 is 1.75. The lowest BCUT2D eigenvalue weighted by Gasteiger charge is -2.11. The molecule has 28 heavy (non-hydrogen) atoms. The smallest absolute Gasteiger partial charge is 0.271 e. The molecule has 0 radical (unpaired) electrons. The van der Waals surface area contributed by atoms with Crippen molar-refractivity contribution >= 4 is 11.8 Å². The number of carbonyl (C=O) groups excluding carboxylic acids is 2. The van der Waals surface area contributed by atoms with E-state index in [0.717, 1.165) is 17.0 Å². The number of hydrogen-bond donors (Lipinski definition) is 2. The summed E-state index contributed by atoms with van der Waals surface area (Å²) in [6.45, 7) is 2.71. The Bertz CT molecular complexity index is 999. The van der Waals surface area contributed by atoms with Gasteiger partial charge >= 0.3 is 0 Å². The molecule has 1 aliphatic heterocycles. The van der Waals surface area contributed by atoms with E-state index in [1.165, 1.54) is 6.20 Å². The molecule has 142 valence electrons. The highest BCUT2D eigenvalue weighted by atomic mass is 16.2. The van der Waals surface area contributed by atoms with E-state index < -0.39 is 0 Å². The third kappa shape index (κ3) is 3.73. The van der Waals surface area contributed by atoms with Crippen molar-refractivity contribution in [2.45, 2.75) is 32.5 Å². The predicted molar refractivity (Wildman–Crippen MR) is 99.4 cm³/mol. The van der Waals surface area contributed by atoms with Crippen LogP contribution in [-0.2, 0) is 19.5 Å². The van der Waals surface area contributed by atoms with Crippen LogP contribution in [0.2, 0.25) is 0 Å². The number of aromatic nitrogens is 5. The number of carbonyl (C=O) groups is 2. The number of rotatable bonds is 5. The van der Waals surface area contributed by atoms with Gasteiger partial charge in [0.1, 0.15) is 5.69 Å². The van der Waals surface area contributed by atoms with Gasteiger partial charge in [-0.3, -0.25) is 24.2 Å². The first-order valence-electron chi connectivity index (χ1n) is 8.91. The van der Waals surface area contributed by atoms with Crippen LogP contribution in [0.4, 0.5) is 0 Å². The first-order valence-corrected chi connectivity index (χ1v) is 8.91. The van der Waals surface area contributed by atoms with Crippen molar-refractivity contribution < 1.29 is 9.59 Å². The highest BCUT2D eigenvalue weighted by Crippen LogP contribution is 2.19. The van der Waals surface area contributed by atoms with Gasteiger partial charge in [0.2, 0.25) is 0 Å². The first kappa shape index (κ1) is 17.8. The number of pyridine rings is 1. The van der Waals surface area contributed by atoms with E-state index in [4.69, 9.17) is 0 Å². The quantitative estimate of drug-likeness (QED) is 0.675. The number of amides is 2. The molecule has 0 saturated carbocycles. The molecule has 3 aromatic rings. The molecule has 4 heterocycles. The maximum atomic E-state index is 12.5.